The first-order chi connectivity index (χ1) is 15.4. The van der Waals surface area contributed by atoms with Gasteiger partial charge < -0.3 is 14.1 Å². The highest BCUT2D eigenvalue weighted by atomic mass is 19.2. The fourth-order valence-corrected chi connectivity index (χ4v) is 3.41. The first-order valence-corrected chi connectivity index (χ1v) is 9.87. The van der Waals surface area contributed by atoms with E-state index in [9.17, 15) is 22.4 Å². The van der Waals surface area contributed by atoms with Crippen molar-refractivity contribution in [3.8, 4) is 5.75 Å². The van der Waals surface area contributed by atoms with Crippen molar-refractivity contribution < 1.29 is 31.5 Å². The Kier molecular flexibility index (Phi) is 6.40. The lowest BCUT2D eigenvalue weighted by Gasteiger charge is -2.34. The minimum Gasteiger partial charge on any atom is -0.479 e. The van der Waals surface area contributed by atoms with Gasteiger partial charge in [0.25, 0.3) is 5.91 Å². The van der Waals surface area contributed by atoms with Gasteiger partial charge >= 0.3 is 0 Å². The minimum atomic E-state index is -1.64. The normalized spacial score (nSPS) is 14.6. The number of piperazine rings is 1. The van der Waals surface area contributed by atoms with E-state index in [4.69, 9.17) is 9.15 Å². The fourth-order valence-electron chi connectivity index (χ4n) is 3.41. The van der Waals surface area contributed by atoms with Gasteiger partial charge in [0.05, 0.1) is 0 Å². The summed E-state index contributed by atoms with van der Waals surface area (Å²) in [6, 6.07) is 6.78. The molecule has 3 heterocycles. The van der Waals surface area contributed by atoms with Crippen LogP contribution in [0.5, 0.6) is 5.75 Å². The zero-order valence-electron chi connectivity index (χ0n) is 16.9. The number of nitrogens with zero attached hydrogens (tertiary/aromatic N) is 3. The number of rotatable bonds is 6. The van der Waals surface area contributed by atoms with Gasteiger partial charge in [-0.05, 0) is 23.8 Å². The number of benzene rings is 1. The van der Waals surface area contributed by atoms with Gasteiger partial charge in [0, 0.05) is 51.2 Å². The van der Waals surface area contributed by atoms with Gasteiger partial charge in [-0.15, -0.1) is 0 Å². The van der Waals surface area contributed by atoms with Gasteiger partial charge in [-0.1, -0.05) is 6.07 Å². The summed E-state index contributed by atoms with van der Waals surface area (Å²) in [4.78, 5) is 20.6. The number of amides is 1. The molecule has 0 unspecified atom stereocenters. The van der Waals surface area contributed by atoms with E-state index in [1.807, 2.05) is 12.1 Å². The Labute approximate surface area is 181 Å². The zero-order chi connectivity index (χ0) is 22.7. The summed E-state index contributed by atoms with van der Waals surface area (Å²) in [6.07, 6.45) is 3.52. The van der Waals surface area contributed by atoms with Crippen molar-refractivity contribution in [1.29, 1.82) is 0 Å². The van der Waals surface area contributed by atoms with Gasteiger partial charge in [-0.2, -0.15) is 8.78 Å². The molecule has 32 heavy (non-hydrogen) atoms. The zero-order valence-corrected chi connectivity index (χ0v) is 16.9. The van der Waals surface area contributed by atoms with Crippen LogP contribution in [0.15, 0.2) is 47.1 Å². The molecule has 1 aliphatic heterocycles. The van der Waals surface area contributed by atoms with Crippen LogP contribution in [0.3, 0.4) is 0 Å². The first kappa shape index (κ1) is 21.8. The molecule has 1 fully saturated rings. The summed E-state index contributed by atoms with van der Waals surface area (Å²) < 4.78 is 64.2. The van der Waals surface area contributed by atoms with Crippen LogP contribution < -0.4 is 4.74 Å². The fraction of sp³-hybridized carbons (Fsp3) is 0.273. The molecule has 0 spiro atoms. The average molecular weight is 449 g/mol. The van der Waals surface area contributed by atoms with Crippen LogP contribution in [-0.4, -0.2) is 46.9 Å². The van der Waals surface area contributed by atoms with Crippen molar-refractivity contribution in [2.75, 3.05) is 26.2 Å². The smallest absolute Gasteiger partial charge is 0.289 e. The van der Waals surface area contributed by atoms with Crippen LogP contribution >= 0.6 is 0 Å². The van der Waals surface area contributed by atoms with Gasteiger partial charge in [0.1, 0.15) is 12.4 Å². The number of carbonyl (C=O) groups excluding carboxylic acids is 1. The Morgan fingerprint density at radius 3 is 2.41 bits per heavy atom. The highest BCUT2D eigenvalue weighted by molar-refractivity contribution is 5.91. The molecule has 0 bridgehead atoms. The Bertz CT molecular complexity index is 1070. The van der Waals surface area contributed by atoms with Crippen LogP contribution in [0.1, 0.15) is 21.9 Å². The maximum Gasteiger partial charge on any atom is 0.289 e. The maximum atomic E-state index is 13.7. The molecule has 0 N–H and O–H groups in total. The van der Waals surface area contributed by atoms with Crippen molar-refractivity contribution in [3.05, 3.63) is 83.1 Å². The highest BCUT2D eigenvalue weighted by Gasteiger charge is 2.25. The molecule has 1 aliphatic rings. The largest absolute Gasteiger partial charge is 0.479 e. The molecule has 0 atom stereocenters. The molecule has 2 aromatic heterocycles. The van der Waals surface area contributed by atoms with Crippen molar-refractivity contribution in [3.63, 3.8) is 0 Å². The third kappa shape index (κ3) is 4.75. The summed E-state index contributed by atoms with van der Waals surface area (Å²) in [5, 5.41) is 0. The minimum absolute atomic E-state index is 0.0377. The predicted octanol–water partition coefficient (Wildman–Crippen LogP) is 3.77. The molecule has 1 aromatic carbocycles. The first-order valence-electron chi connectivity index (χ1n) is 9.87. The van der Waals surface area contributed by atoms with Crippen molar-refractivity contribution in [2.45, 2.75) is 13.2 Å². The monoisotopic (exact) mass is 449 g/mol. The molecule has 0 saturated carbocycles. The van der Waals surface area contributed by atoms with E-state index in [0.717, 1.165) is 12.1 Å². The second-order valence-electron chi connectivity index (χ2n) is 7.28. The van der Waals surface area contributed by atoms with Crippen LogP contribution in [0, 0.1) is 23.3 Å². The third-order valence-corrected chi connectivity index (χ3v) is 5.09. The maximum absolute atomic E-state index is 13.7. The number of hydrogen-bond acceptors (Lipinski definition) is 5. The van der Waals surface area contributed by atoms with E-state index in [0.29, 0.717) is 26.2 Å². The number of furan rings is 1. The topological polar surface area (TPSA) is 58.8 Å². The summed E-state index contributed by atoms with van der Waals surface area (Å²) in [5.41, 5.74) is 1.09. The van der Waals surface area contributed by atoms with Crippen molar-refractivity contribution in [2.24, 2.45) is 0 Å². The predicted molar refractivity (Wildman–Crippen MR) is 105 cm³/mol. The van der Waals surface area contributed by atoms with Gasteiger partial charge in [-0.25, -0.2) is 8.78 Å². The molecular weight excluding hydrogens is 430 g/mol. The summed E-state index contributed by atoms with van der Waals surface area (Å²) >= 11 is 0. The number of pyridine rings is 1. The Morgan fingerprint density at radius 2 is 1.75 bits per heavy atom. The second-order valence-corrected chi connectivity index (χ2v) is 7.28. The lowest BCUT2D eigenvalue weighted by molar-refractivity contribution is 0.0593. The molecule has 168 valence electrons. The van der Waals surface area contributed by atoms with E-state index < -0.39 is 35.6 Å². The van der Waals surface area contributed by atoms with Crippen LogP contribution in [0.25, 0.3) is 0 Å². The van der Waals surface area contributed by atoms with E-state index in [-0.39, 0.29) is 23.5 Å². The molecule has 10 heteroatoms. The lowest BCUT2D eigenvalue weighted by atomic mass is 10.2. The van der Waals surface area contributed by atoms with Gasteiger partial charge in [-0.3, -0.25) is 14.7 Å². The molecule has 1 amide bonds. The molecule has 0 radical (unpaired) electrons. The van der Waals surface area contributed by atoms with E-state index in [1.165, 1.54) is 12.1 Å². The van der Waals surface area contributed by atoms with E-state index in [2.05, 4.69) is 9.88 Å². The molecule has 6 nitrogen and oxygen atoms in total. The van der Waals surface area contributed by atoms with Crippen LogP contribution in [-0.2, 0) is 13.2 Å². The Balaban J connectivity index is 1.33. The number of hydrogen-bond donors (Lipinski definition) is 0. The quantitative estimate of drug-likeness (QED) is 0.424. The van der Waals surface area contributed by atoms with Crippen LogP contribution in [0.2, 0.25) is 0 Å². The molecule has 4 rings (SSSR count). The van der Waals surface area contributed by atoms with Gasteiger partial charge in [0.2, 0.25) is 11.6 Å². The van der Waals surface area contributed by atoms with Crippen molar-refractivity contribution in [1.82, 2.24) is 14.8 Å². The van der Waals surface area contributed by atoms with E-state index in [1.54, 1.807) is 17.3 Å². The highest BCUT2D eigenvalue weighted by Crippen LogP contribution is 2.27. The number of carbonyl (C=O) groups is 1. The lowest BCUT2D eigenvalue weighted by Crippen LogP contribution is -2.48. The SMILES string of the molecule is O=C(c1ccc(COc2c(F)c(F)cc(F)c2F)o1)N1CCN(Cc2cccnc2)CC1. The number of aromatic nitrogens is 1. The summed E-state index contributed by atoms with van der Waals surface area (Å²) in [6.45, 7) is 2.60. The number of halogens is 4. The third-order valence-electron chi connectivity index (χ3n) is 5.09. The summed E-state index contributed by atoms with van der Waals surface area (Å²) in [5.74, 6) is -7.83. The Morgan fingerprint density at radius 1 is 1.03 bits per heavy atom. The summed E-state index contributed by atoms with van der Waals surface area (Å²) in [7, 11) is 0. The van der Waals surface area contributed by atoms with Crippen LogP contribution in [0.4, 0.5) is 17.6 Å². The average Bonchev–Trinajstić information content (AvgIpc) is 3.27. The molecule has 1 saturated heterocycles. The molecule has 0 aliphatic carbocycles. The van der Waals surface area contributed by atoms with Crippen molar-refractivity contribution >= 4 is 5.91 Å². The van der Waals surface area contributed by atoms with E-state index >= 15 is 0 Å². The van der Waals surface area contributed by atoms with Gasteiger partial charge in [0.15, 0.2) is 23.1 Å². The second kappa shape index (κ2) is 9.39. The molecule has 3 aromatic rings. The Hall–Kier alpha value is -3.40. The number of ether oxygens (including phenoxy) is 1. The standard InChI is InChI=1S/C22H19F4N3O3/c23-16-10-17(24)20(26)21(19(16)25)31-13-15-3-4-18(32-15)22(30)29-8-6-28(7-9-29)12-14-2-1-5-27-11-14/h1-5,10-11H,6-9,12-13H2. The molecular formula is C22H19F4N3O3.